The van der Waals surface area contributed by atoms with Crippen molar-refractivity contribution in [2.24, 2.45) is 0 Å². The van der Waals surface area contributed by atoms with Gasteiger partial charge in [-0.25, -0.2) is 4.79 Å². The largest absolute Gasteiger partial charge is 0.492 e. The molecule has 0 bridgehead atoms. The van der Waals surface area contributed by atoms with Gasteiger partial charge in [0.15, 0.2) is 0 Å². The fourth-order valence-electron chi connectivity index (χ4n) is 1.33. The van der Waals surface area contributed by atoms with Crippen molar-refractivity contribution in [3.05, 3.63) is 30.1 Å². The Labute approximate surface area is 118 Å². The van der Waals surface area contributed by atoms with Crippen LogP contribution in [-0.4, -0.2) is 49.6 Å². The van der Waals surface area contributed by atoms with Crippen molar-refractivity contribution in [2.45, 2.75) is 6.42 Å². The van der Waals surface area contributed by atoms with Crippen LogP contribution < -0.4 is 4.74 Å². The van der Waals surface area contributed by atoms with Gasteiger partial charge in [0.1, 0.15) is 5.75 Å². The monoisotopic (exact) mass is 281 g/mol. The number of aliphatic carboxylic acids is 1. The van der Waals surface area contributed by atoms with E-state index in [2.05, 4.69) is 4.98 Å². The van der Waals surface area contributed by atoms with Crippen molar-refractivity contribution in [3.8, 4) is 5.75 Å². The van der Waals surface area contributed by atoms with Gasteiger partial charge >= 0.3 is 5.97 Å². The first-order valence-corrected chi connectivity index (χ1v) is 6.29. The SMILES string of the molecule is COCCOCCCOc1ccc(/C=C/C(=O)O)nc1. The number of carboxylic acids is 1. The summed E-state index contributed by atoms with van der Waals surface area (Å²) in [5.41, 5.74) is 0.572. The minimum absolute atomic E-state index is 0.541. The van der Waals surface area contributed by atoms with Crippen molar-refractivity contribution in [3.63, 3.8) is 0 Å². The highest BCUT2D eigenvalue weighted by atomic mass is 16.5. The highest BCUT2D eigenvalue weighted by molar-refractivity contribution is 5.84. The van der Waals surface area contributed by atoms with Gasteiger partial charge in [-0.2, -0.15) is 0 Å². The molecule has 0 spiro atoms. The third-order valence-corrected chi connectivity index (χ3v) is 2.29. The van der Waals surface area contributed by atoms with Gasteiger partial charge in [-0.05, 0) is 18.2 Å². The second-order valence-electron chi connectivity index (χ2n) is 3.90. The zero-order valence-corrected chi connectivity index (χ0v) is 11.4. The summed E-state index contributed by atoms with van der Waals surface area (Å²) in [6, 6.07) is 3.45. The van der Waals surface area contributed by atoms with E-state index in [1.807, 2.05) is 0 Å². The lowest BCUT2D eigenvalue weighted by molar-refractivity contribution is -0.131. The van der Waals surface area contributed by atoms with Crippen molar-refractivity contribution in [1.29, 1.82) is 0 Å². The molecular formula is C14H19NO5. The van der Waals surface area contributed by atoms with Crippen LogP contribution in [0.4, 0.5) is 0 Å². The smallest absolute Gasteiger partial charge is 0.328 e. The van der Waals surface area contributed by atoms with Crippen LogP contribution in [0.15, 0.2) is 24.4 Å². The number of hydrogen-bond acceptors (Lipinski definition) is 5. The Morgan fingerprint density at radius 3 is 2.80 bits per heavy atom. The van der Waals surface area contributed by atoms with E-state index in [-0.39, 0.29) is 0 Å². The normalized spacial score (nSPS) is 10.8. The van der Waals surface area contributed by atoms with Gasteiger partial charge in [0.25, 0.3) is 0 Å². The minimum Gasteiger partial charge on any atom is -0.492 e. The molecule has 110 valence electrons. The number of carbonyl (C=O) groups is 1. The quantitative estimate of drug-likeness (QED) is 0.518. The molecule has 0 saturated carbocycles. The topological polar surface area (TPSA) is 77.9 Å². The van der Waals surface area contributed by atoms with Crippen molar-refractivity contribution in [1.82, 2.24) is 4.98 Å². The Kier molecular flexibility index (Phi) is 8.02. The molecule has 6 nitrogen and oxygen atoms in total. The van der Waals surface area contributed by atoms with E-state index < -0.39 is 5.97 Å². The van der Waals surface area contributed by atoms with Crippen LogP contribution in [0.2, 0.25) is 0 Å². The molecule has 1 N–H and O–H groups in total. The van der Waals surface area contributed by atoms with Gasteiger partial charge in [0.2, 0.25) is 0 Å². The van der Waals surface area contributed by atoms with Gasteiger partial charge in [0, 0.05) is 26.2 Å². The summed E-state index contributed by atoms with van der Waals surface area (Å²) in [5.74, 6) is -0.352. The molecule has 1 aromatic heterocycles. The molecule has 1 heterocycles. The lowest BCUT2D eigenvalue weighted by Crippen LogP contribution is -2.06. The molecule has 0 aliphatic heterocycles. The van der Waals surface area contributed by atoms with Gasteiger partial charge < -0.3 is 19.3 Å². The third-order valence-electron chi connectivity index (χ3n) is 2.29. The maximum absolute atomic E-state index is 10.3. The summed E-state index contributed by atoms with van der Waals surface area (Å²) in [7, 11) is 1.63. The summed E-state index contributed by atoms with van der Waals surface area (Å²) in [5, 5.41) is 8.49. The first-order chi connectivity index (χ1) is 9.72. The van der Waals surface area contributed by atoms with E-state index >= 15 is 0 Å². The number of nitrogens with zero attached hydrogens (tertiary/aromatic N) is 1. The predicted molar refractivity (Wildman–Crippen MR) is 73.7 cm³/mol. The van der Waals surface area contributed by atoms with Gasteiger partial charge in [-0.1, -0.05) is 0 Å². The fourth-order valence-corrected chi connectivity index (χ4v) is 1.33. The van der Waals surface area contributed by atoms with Crippen LogP contribution in [-0.2, 0) is 14.3 Å². The first kappa shape index (κ1) is 16.1. The number of methoxy groups -OCH3 is 1. The zero-order valence-electron chi connectivity index (χ0n) is 11.4. The van der Waals surface area contributed by atoms with Gasteiger partial charge in [-0.15, -0.1) is 0 Å². The summed E-state index contributed by atoms with van der Waals surface area (Å²) in [6.45, 7) is 2.34. The van der Waals surface area contributed by atoms with Crippen LogP contribution in [0.5, 0.6) is 5.75 Å². The Morgan fingerprint density at radius 1 is 1.30 bits per heavy atom. The number of rotatable bonds is 10. The minimum atomic E-state index is -0.999. The summed E-state index contributed by atoms with van der Waals surface area (Å²) < 4.78 is 15.6. The Hall–Kier alpha value is -1.92. The maximum atomic E-state index is 10.3. The molecule has 6 heteroatoms. The molecule has 0 amide bonds. The number of carboxylic acid groups (broad SMARTS) is 1. The third kappa shape index (κ3) is 7.50. The molecule has 0 aromatic carbocycles. The van der Waals surface area contributed by atoms with Crippen LogP contribution in [0, 0.1) is 0 Å². The molecule has 0 aliphatic carbocycles. The predicted octanol–water partition coefficient (Wildman–Crippen LogP) is 1.61. The van der Waals surface area contributed by atoms with Crippen LogP contribution >= 0.6 is 0 Å². The highest BCUT2D eigenvalue weighted by Gasteiger charge is 1.96. The number of pyridine rings is 1. The molecule has 20 heavy (non-hydrogen) atoms. The number of hydrogen-bond donors (Lipinski definition) is 1. The molecule has 0 aliphatic rings. The number of ether oxygens (including phenoxy) is 3. The summed E-state index contributed by atoms with van der Waals surface area (Å²) in [4.78, 5) is 14.4. The van der Waals surface area contributed by atoms with Crippen LogP contribution in [0.1, 0.15) is 12.1 Å². The Morgan fingerprint density at radius 2 is 2.15 bits per heavy atom. The standard InChI is InChI=1S/C14H19NO5/c1-18-9-10-19-7-2-8-20-13-5-3-12(15-11-13)4-6-14(16)17/h3-6,11H,2,7-10H2,1H3,(H,16,17)/b6-4+. The highest BCUT2D eigenvalue weighted by Crippen LogP contribution is 2.10. The van der Waals surface area contributed by atoms with Crippen molar-refractivity contribution < 1.29 is 24.1 Å². The molecule has 0 fully saturated rings. The van der Waals surface area contributed by atoms with E-state index in [0.29, 0.717) is 37.9 Å². The van der Waals surface area contributed by atoms with E-state index in [0.717, 1.165) is 12.5 Å². The van der Waals surface area contributed by atoms with E-state index in [1.165, 1.54) is 6.08 Å². The zero-order chi connectivity index (χ0) is 14.6. The Bertz CT molecular complexity index is 416. The van der Waals surface area contributed by atoms with E-state index in [9.17, 15) is 4.79 Å². The Balaban J connectivity index is 2.20. The molecular weight excluding hydrogens is 262 g/mol. The lowest BCUT2D eigenvalue weighted by Gasteiger charge is -2.06. The lowest BCUT2D eigenvalue weighted by atomic mass is 10.3. The van der Waals surface area contributed by atoms with Crippen LogP contribution in [0.25, 0.3) is 6.08 Å². The summed E-state index contributed by atoms with van der Waals surface area (Å²) in [6.07, 6.45) is 4.81. The molecule has 0 unspecified atom stereocenters. The second-order valence-corrected chi connectivity index (χ2v) is 3.90. The summed E-state index contributed by atoms with van der Waals surface area (Å²) >= 11 is 0. The number of aromatic nitrogens is 1. The first-order valence-electron chi connectivity index (χ1n) is 6.29. The second kappa shape index (κ2) is 9.94. The van der Waals surface area contributed by atoms with Gasteiger partial charge in [-0.3, -0.25) is 4.98 Å². The molecule has 0 saturated heterocycles. The van der Waals surface area contributed by atoms with E-state index in [1.54, 1.807) is 25.4 Å². The van der Waals surface area contributed by atoms with Gasteiger partial charge in [0.05, 0.1) is 31.7 Å². The molecule has 0 atom stereocenters. The average Bonchev–Trinajstić information content (AvgIpc) is 2.45. The molecule has 1 rings (SSSR count). The maximum Gasteiger partial charge on any atom is 0.328 e. The fraction of sp³-hybridized carbons (Fsp3) is 0.429. The average molecular weight is 281 g/mol. The van der Waals surface area contributed by atoms with Crippen molar-refractivity contribution in [2.75, 3.05) is 33.5 Å². The molecule has 0 radical (unpaired) electrons. The van der Waals surface area contributed by atoms with E-state index in [4.69, 9.17) is 19.3 Å². The van der Waals surface area contributed by atoms with Crippen molar-refractivity contribution >= 4 is 12.0 Å². The van der Waals surface area contributed by atoms with Crippen LogP contribution in [0.3, 0.4) is 0 Å². The molecule has 1 aromatic rings.